The van der Waals surface area contributed by atoms with Crippen LogP contribution in [0.4, 0.5) is 5.69 Å². The van der Waals surface area contributed by atoms with E-state index in [0.717, 1.165) is 61.5 Å². The largest absolute Gasteiger partial charge is 0.490 e. The molecule has 1 unspecified atom stereocenters. The van der Waals surface area contributed by atoms with Crippen LogP contribution in [0.5, 0.6) is 5.75 Å². The highest BCUT2D eigenvalue weighted by atomic mass is 16.5. The number of ether oxygens (including phenoxy) is 1. The van der Waals surface area contributed by atoms with Crippen LogP contribution in [-0.2, 0) is 24.3 Å². The molecule has 0 fully saturated rings. The second kappa shape index (κ2) is 11.9. The standard InChI is InChI=1S/C30H41N3O3/c1-21(2)32-14-8-6-5-7-9-15-33(23(4)34)28-12-11-25(18-27(28)20-32)30(35)31-19-24-10-13-29-26(17-24)16-22(3)36-29/h10-13,17-18,21-22H,5-9,14-16,19-20H2,1-4H3,(H,31,35). The number of carbonyl (C=O) groups excluding carboxylic acids is 2. The lowest BCUT2D eigenvalue weighted by molar-refractivity contribution is -0.116. The Morgan fingerprint density at radius 2 is 1.75 bits per heavy atom. The smallest absolute Gasteiger partial charge is 0.251 e. The van der Waals surface area contributed by atoms with Gasteiger partial charge in [-0.2, -0.15) is 0 Å². The Morgan fingerprint density at radius 1 is 1.00 bits per heavy atom. The molecule has 194 valence electrons. The Kier molecular flexibility index (Phi) is 8.68. The molecule has 0 spiro atoms. The summed E-state index contributed by atoms with van der Waals surface area (Å²) in [5.41, 5.74) is 4.87. The van der Waals surface area contributed by atoms with E-state index in [-0.39, 0.29) is 17.9 Å². The Bertz CT molecular complexity index is 1080. The number of benzene rings is 2. The summed E-state index contributed by atoms with van der Waals surface area (Å²) in [7, 11) is 0. The summed E-state index contributed by atoms with van der Waals surface area (Å²) in [6.45, 7) is 11.1. The van der Waals surface area contributed by atoms with Gasteiger partial charge in [-0.05, 0) is 81.1 Å². The first-order chi connectivity index (χ1) is 17.3. The number of carbonyl (C=O) groups is 2. The lowest BCUT2D eigenvalue weighted by atomic mass is 10.0. The minimum atomic E-state index is -0.0977. The van der Waals surface area contributed by atoms with E-state index in [4.69, 9.17) is 4.74 Å². The van der Waals surface area contributed by atoms with Gasteiger partial charge in [0.2, 0.25) is 5.91 Å². The number of nitrogens with zero attached hydrogens (tertiary/aromatic N) is 2. The van der Waals surface area contributed by atoms with Crippen molar-refractivity contribution in [2.45, 2.75) is 91.5 Å². The Balaban J connectivity index is 1.55. The highest BCUT2D eigenvalue weighted by Gasteiger charge is 2.22. The summed E-state index contributed by atoms with van der Waals surface area (Å²) in [6, 6.07) is 12.3. The molecule has 6 nitrogen and oxygen atoms in total. The van der Waals surface area contributed by atoms with Gasteiger partial charge in [-0.25, -0.2) is 0 Å². The fourth-order valence-corrected chi connectivity index (χ4v) is 5.29. The summed E-state index contributed by atoms with van der Waals surface area (Å²) >= 11 is 0. The summed E-state index contributed by atoms with van der Waals surface area (Å²) in [6.07, 6.45) is 6.84. The van der Waals surface area contributed by atoms with E-state index in [1.165, 1.54) is 24.8 Å². The number of amides is 2. The maximum atomic E-state index is 13.2. The molecule has 0 saturated carbocycles. The normalized spacial score (nSPS) is 19.0. The van der Waals surface area contributed by atoms with Crippen LogP contribution in [0, 0.1) is 0 Å². The molecule has 0 saturated heterocycles. The molecule has 1 atom stereocenters. The van der Waals surface area contributed by atoms with Crippen molar-refractivity contribution in [3.8, 4) is 5.75 Å². The molecule has 1 N–H and O–H groups in total. The maximum Gasteiger partial charge on any atom is 0.251 e. The predicted molar refractivity (Wildman–Crippen MR) is 145 cm³/mol. The van der Waals surface area contributed by atoms with E-state index in [0.29, 0.717) is 18.2 Å². The number of rotatable bonds is 4. The summed E-state index contributed by atoms with van der Waals surface area (Å²) in [5.74, 6) is 0.901. The van der Waals surface area contributed by atoms with Crippen LogP contribution in [0.25, 0.3) is 0 Å². The van der Waals surface area contributed by atoms with Crippen molar-refractivity contribution in [2.24, 2.45) is 0 Å². The van der Waals surface area contributed by atoms with Crippen LogP contribution in [-0.4, -0.2) is 41.9 Å². The van der Waals surface area contributed by atoms with Gasteiger partial charge >= 0.3 is 0 Å². The fourth-order valence-electron chi connectivity index (χ4n) is 5.29. The third kappa shape index (κ3) is 6.47. The van der Waals surface area contributed by atoms with Crippen LogP contribution >= 0.6 is 0 Å². The van der Waals surface area contributed by atoms with Gasteiger partial charge in [0.1, 0.15) is 11.9 Å². The van der Waals surface area contributed by atoms with E-state index < -0.39 is 0 Å². The number of nitrogens with one attached hydrogen (secondary N) is 1. The maximum absolute atomic E-state index is 13.2. The summed E-state index contributed by atoms with van der Waals surface area (Å²) in [4.78, 5) is 30.1. The SMILES string of the molecule is CC(=O)N1CCCCCCCN(C(C)C)Cc2cc(C(=O)NCc3ccc4c(c3)CC(C)O4)ccc21. The molecule has 0 bridgehead atoms. The van der Waals surface area contributed by atoms with Gasteiger partial charge in [0.25, 0.3) is 5.91 Å². The predicted octanol–water partition coefficient (Wildman–Crippen LogP) is 5.47. The van der Waals surface area contributed by atoms with Crippen molar-refractivity contribution in [3.05, 3.63) is 58.7 Å². The van der Waals surface area contributed by atoms with Crippen molar-refractivity contribution in [3.63, 3.8) is 0 Å². The molecule has 0 aromatic heterocycles. The molecule has 2 aromatic rings. The molecule has 0 aliphatic carbocycles. The van der Waals surface area contributed by atoms with E-state index in [1.807, 2.05) is 35.2 Å². The van der Waals surface area contributed by atoms with E-state index in [2.05, 4.69) is 37.1 Å². The molecule has 36 heavy (non-hydrogen) atoms. The lowest BCUT2D eigenvalue weighted by Crippen LogP contribution is -2.35. The second-order valence-corrected chi connectivity index (χ2v) is 10.6. The molecular formula is C30H41N3O3. The van der Waals surface area contributed by atoms with Crippen LogP contribution < -0.4 is 15.0 Å². The third-order valence-corrected chi connectivity index (χ3v) is 7.36. The van der Waals surface area contributed by atoms with Crippen LogP contribution in [0.3, 0.4) is 0 Å². The minimum Gasteiger partial charge on any atom is -0.490 e. The zero-order chi connectivity index (χ0) is 25.7. The average molecular weight is 492 g/mol. The molecule has 0 radical (unpaired) electrons. The van der Waals surface area contributed by atoms with Gasteiger partial charge in [0, 0.05) is 50.3 Å². The number of hydrogen-bond donors (Lipinski definition) is 1. The van der Waals surface area contributed by atoms with Crippen molar-refractivity contribution in [1.82, 2.24) is 10.2 Å². The number of fused-ring (bicyclic) bond motifs is 2. The number of anilines is 1. The first-order valence-corrected chi connectivity index (χ1v) is 13.5. The first-order valence-electron chi connectivity index (χ1n) is 13.5. The second-order valence-electron chi connectivity index (χ2n) is 10.6. The zero-order valence-electron chi connectivity index (χ0n) is 22.3. The van der Waals surface area contributed by atoms with Crippen molar-refractivity contribution in [2.75, 3.05) is 18.0 Å². The third-order valence-electron chi connectivity index (χ3n) is 7.36. The van der Waals surface area contributed by atoms with Gasteiger partial charge in [-0.3, -0.25) is 14.5 Å². The van der Waals surface area contributed by atoms with Gasteiger partial charge < -0.3 is 15.0 Å². The van der Waals surface area contributed by atoms with Crippen LogP contribution in [0.15, 0.2) is 36.4 Å². The van der Waals surface area contributed by atoms with E-state index in [9.17, 15) is 9.59 Å². The van der Waals surface area contributed by atoms with E-state index >= 15 is 0 Å². The fraction of sp³-hybridized carbons (Fsp3) is 0.533. The Labute approximate surface area is 216 Å². The molecule has 2 heterocycles. The molecule has 2 aromatic carbocycles. The molecule has 2 aliphatic rings. The highest BCUT2D eigenvalue weighted by Crippen LogP contribution is 2.30. The first kappa shape index (κ1) is 26.2. The van der Waals surface area contributed by atoms with Gasteiger partial charge in [0.15, 0.2) is 0 Å². The topological polar surface area (TPSA) is 61.9 Å². The van der Waals surface area contributed by atoms with Gasteiger partial charge in [-0.15, -0.1) is 0 Å². The summed E-state index contributed by atoms with van der Waals surface area (Å²) < 4.78 is 5.79. The molecule has 2 aliphatic heterocycles. The quantitative estimate of drug-likeness (QED) is 0.616. The van der Waals surface area contributed by atoms with Crippen LogP contribution in [0.2, 0.25) is 0 Å². The molecule has 4 rings (SSSR count). The summed E-state index contributed by atoms with van der Waals surface area (Å²) in [5, 5.41) is 3.09. The van der Waals surface area contributed by atoms with Crippen LogP contribution in [0.1, 0.15) is 86.8 Å². The Morgan fingerprint density at radius 3 is 2.50 bits per heavy atom. The highest BCUT2D eigenvalue weighted by molar-refractivity contribution is 5.97. The molecule has 2 amide bonds. The minimum absolute atomic E-state index is 0.0523. The van der Waals surface area contributed by atoms with Gasteiger partial charge in [0.05, 0.1) is 0 Å². The van der Waals surface area contributed by atoms with E-state index in [1.54, 1.807) is 6.92 Å². The van der Waals surface area contributed by atoms with Crippen molar-refractivity contribution >= 4 is 17.5 Å². The monoisotopic (exact) mass is 491 g/mol. The molecular weight excluding hydrogens is 450 g/mol. The number of hydrogen-bond acceptors (Lipinski definition) is 4. The Hall–Kier alpha value is -2.86. The van der Waals surface area contributed by atoms with Crippen molar-refractivity contribution < 1.29 is 14.3 Å². The average Bonchev–Trinajstić information content (AvgIpc) is 3.21. The zero-order valence-corrected chi connectivity index (χ0v) is 22.3. The molecule has 6 heteroatoms. The van der Waals surface area contributed by atoms with Gasteiger partial charge in [-0.1, -0.05) is 31.4 Å². The lowest BCUT2D eigenvalue weighted by Gasteiger charge is -2.31. The van der Waals surface area contributed by atoms with Crippen molar-refractivity contribution in [1.29, 1.82) is 0 Å².